The van der Waals surface area contributed by atoms with E-state index >= 15 is 0 Å². The van der Waals surface area contributed by atoms with Crippen LogP contribution in [0.1, 0.15) is 0 Å². The topological polar surface area (TPSA) is 14.8 Å². The van der Waals surface area contributed by atoms with Gasteiger partial charge in [0.1, 0.15) is 0 Å². The zero-order chi connectivity index (χ0) is 32.5. The molecule has 8 aromatic carbocycles. The van der Waals surface area contributed by atoms with Gasteiger partial charge in [-0.1, -0.05) is 127 Å². The average Bonchev–Trinajstić information content (AvgIpc) is 3.82. The highest BCUT2D eigenvalue weighted by Gasteiger charge is 2.37. The van der Waals surface area contributed by atoms with Crippen molar-refractivity contribution in [3.8, 4) is 11.4 Å². The zero-order valence-corrected chi connectivity index (χ0v) is 27.1. The first-order chi connectivity index (χ1) is 24.9. The van der Waals surface area contributed by atoms with E-state index in [0.29, 0.717) is 0 Å². The molecule has 0 bridgehead atoms. The van der Waals surface area contributed by atoms with E-state index in [1.807, 2.05) is 0 Å². The maximum absolute atomic E-state index is 2.68. The molecular weight excluding hydrogens is 605 g/mol. The standard InChI is InChI=1S/C46H28BN3/c1-2-15-30(16-3-1)48-38-22-10-8-20-35(38)44-42(48)27-26-33-32-18-6-12-24-40(32)50(45(33)44)47-36-21-9-13-25-41(36)49-39-23-11-7-19-34(39)43-31-17-5-4-14-29(31)28-37(47)46(43)49/h1-28H. The number of hydrogen-bond acceptors (Lipinski definition) is 0. The van der Waals surface area contributed by atoms with Gasteiger partial charge in [-0.05, 0) is 64.2 Å². The molecule has 0 atom stereocenters. The third-order valence-corrected chi connectivity index (χ3v) is 11.2. The first-order valence-electron chi connectivity index (χ1n) is 17.4. The molecule has 50 heavy (non-hydrogen) atoms. The van der Waals surface area contributed by atoms with Crippen molar-refractivity contribution in [2.75, 3.05) is 0 Å². The summed E-state index contributed by atoms with van der Waals surface area (Å²) in [6.45, 7) is -0.0537. The van der Waals surface area contributed by atoms with E-state index in [4.69, 9.17) is 0 Å². The third-order valence-electron chi connectivity index (χ3n) is 11.2. The Balaban J connectivity index is 1.33. The van der Waals surface area contributed by atoms with Gasteiger partial charge < -0.3 is 13.6 Å². The molecule has 12 rings (SSSR count). The summed E-state index contributed by atoms with van der Waals surface area (Å²) in [5.41, 5.74) is 12.6. The number of aromatic nitrogens is 3. The number of benzene rings is 8. The summed E-state index contributed by atoms with van der Waals surface area (Å²) < 4.78 is 7.65. The Labute approximate surface area is 287 Å². The number of nitrogens with zero attached hydrogens (tertiary/aromatic N) is 3. The minimum atomic E-state index is -0.0537. The van der Waals surface area contributed by atoms with Crippen molar-refractivity contribution in [3.05, 3.63) is 170 Å². The Morgan fingerprint density at radius 1 is 0.360 bits per heavy atom. The molecule has 0 saturated heterocycles. The summed E-state index contributed by atoms with van der Waals surface area (Å²) >= 11 is 0. The summed E-state index contributed by atoms with van der Waals surface area (Å²) in [5.74, 6) is 0. The lowest BCUT2D eigenvalue weighted by Gasteiger charge is -2.29. The van der Waals surface area contributed by atoms with Crippen LogP contribution in [0, 0.1) is 0 Å². The lowest BCUT2D eigenvalue weighted by atomic mass is 9.48. The fourth-order valence-corrected chi connectivity index (χ4v) is 9.36. The van der Waals surface area contributed by atoms with Gasteiger partial charge in [-0.2, -0.15) is 0 Å². The Bertz CT molecular complexity index is 3220. The molecule has 230 valence electrons. The van der Waals surface area contributed by atoms with Crippen molar-refractivity contribution >= 4 is 94.0 Å². The monoisotopic (exact) mass is 633 g/mol. The molecule has 0 fully saturated rings. The van der Waals surface area contributed by atoms with Gasteiger partial charge in [0.25, 0.3) is 0 Å². The van der Waals surface area contributed by atoms with E-state index in [-0.39, 0.29) is 6.85 Å². The van der Waals surface area contributed by atoms with Crippen LogP contribution in [-0.4, -0.2) is 20.5 Å². The quantitative estimate of drug-likeness (QED) is 0.168. The largest absolute Gasteiger partial charge is 0.375 e. The molecule has 0 saturated carbocycles. The summed E-state index contributed by atoms with van der Waals surface area (Å²) in [6, 6.07) is 62.8. The molecule has 4 heterocycles. The smallest absolute Gasteiger partial charge is 0.332 e. The first kappa shape index (κ1) is 26.4. The Morgan fingerprint density at radius 2 is 0.980 bits per heavy atom. The minimum Gasteiger partial charge on any atom is -0.375 e. The van der Waals surface area contributed by atoms with E-state index in [0.717, 1.165) is 0 Å². The fraction of sp³-hybridized carbons (Fsp3) is 0. The lowest BCUT2D eigenvalue weighted by Crippen LogP contribution is -2.53. The van der Waals surface area contributed by atoms with E-state index in [1.165, 1.54) is 98.5 Å². The summed E-state index contributed by atoms with van der Waals surface area (Å²) in [7, 11) is 0. The van der Waals surface area contributed by atoms with E-state index in [9.17, 15) is 0 Å². The van der Waals surface area contributed by atoms with Crippen LogP contribution >= 0.6 is 0 Å². The van der Waals surface area contributed by atoms with Gasteiger partial charge >= 0.3 is 6.85 Å². The molecule has 0 radical (unpaired) electrons. The van der Waals surface area contributed by atoms with Crippen LogP contribution in [0.2, 0.25) is 0 Å². The average molecular weight is 634 g/mol. The van der Waals surface area contributed by atoms with Crippen molar-refractivity contribution in [2.24, 2.45) is 0 Å². The second kappa shape index (κ2) is 9.55. The second-order valence-electron chi connectivity index (χ2n) is 13.7. The molecule has 0 aliphatic carbocycles. The van der Waals surface area contributed by atoms with Gasteiger partial charge in [0.15, 0.2) is 0 Å². The molecule has 4 heteroatoms. The fourth-order valence-electron chi connectivity index (χ4n) is 9.36. The maximum atomic E-state index is 2.68. The molecule has 0 unspecified atom stereocenters. The molecule has 1 aliphatic heterocycles. The predicted octanol–water partition coefficient (Wildman–Crippen LogP) is 10.1. The van der Waals surface area contributed by atoms with Crippen LogP contribution < -0.4 is 10.9 Å². The predicted molar refractivity (Wildman–Crippen MR) is 212 cm³/mol. The zero-order valence-electron chi connectivity index (χ0n) is 27.1. The maximum Gasteiger partial charge on any atom is 0.332 e. The van der Waals surface area contributed by atoms with Crippen LogP contribution in [0.3, 0.4) is 0 Å². The number of hydrogen-bond donors (Lipinski definition) is 0. The van der Waals surface area contributed by atoms with Crippen LogP contribution in [0.5, 0.6) is 0 Å². The minimum absolute atomic E-state index is 0.0537. The van der Waals surface area contributed by atoms with E-state index < -0.39 is 0 Å². The van der Waals surface area contributed by atoms with Crippen molar-refractivity contribution in [1.82, 2.24) is 13.6 Å². The Kier molecular flexibility index (Phi) is 5.05. The summed E-state index contributed by atoms with van der Waals surface area (Å²) in [5, 5.41) is 10.3. The van der Waals surface area contributed by atoms with Crippen molar-refractivity contribution in [3.63, 3.8) is 0 Å². The SMILES string of the molecule is c1ccc(-n2c3ccccc3c3c4c(ccc32)c2ccccc2n4B2c3ccccc3-n3c4ccccc4c4c5ccccc5cc2c43)cc1. The van der Waals surface area contributed by atoms with Crippen molar-refractivity contribution in [1.29, 1.82) is 0 Å². The van der Waals surface area contributed by atoms with Crippen LogP contribution in [-0.2, 0) is 0 Å². The molecule has 0 amide bonds. The van der Waals surface area contributed by atoms with Gasteiger partial charge in [-0.15, -0.1) is 0 Å². The normalized spacial score (nSPS) is 12.8. The highest BCUT2D eigenvalue weighted by Crippen LogP contribution is 2.43. The third kappa shape index (κ3) is 3.21. The molecule has 1 aliphatic rings. The summed E-state index contributed by atoms with van der Waals surface area (Å²) in [6.07, 6.45) is 0. The first-order valence-corrected chi connectivity index (χ1v) is 17.4. The van der Waals surface area contributed by atoms with Gasteiger partial charge in [-0.25, -0.2) is 0 Å². The Morgan fingerprint density at radius 3 is 1.80 bits per heavy atom. The van der Waals surface area contributed by atoms with Gasteiger partial charge in [0.05, 0.1) is 22.1 Å². The van der Waals surface area contributed by atoms with Crippen molar-refractivity contribution < 1.29 is 0 Å². The highest BCUT2D eigenvalue weighted by atomic mass is 15.0. The molecule has 0 N–H and O–H groups in total. The molecule has 3 nitrogen and oxygen atoms in total. The number of rotatable bonds is 2. The molecule has 11 aromatic rings. The van der Waals surface area contributed by atoms with Crippen LogP contribution in [0.4, 0.5) is 0 Å². The molecular formula is C46H28BN3. The van der Waals surface area contributed by atoms with Gasteiger partial charge in [0, 0.05) is 54.7 Å². The number of fused-ring (bicyclic) bond motifs is 14. The van der Waals surface area contributed by atoms with E-state index in [1.54, 1.807) is 0 Å². The van der Waals surface area contributed by atoms with Crippen LogP contribution in [0.25, 0.3) is 87.6 Å². The molecule has 0 spiro atoms. The van der Waals surface area contributed by atoms with E-state index in [2.05, 4.69) is 183 Å². The van der Waals surface area contributed by atoms with Crippen LogP contribution in [0.15, 0.2) is 170 Å². The van der Waals surface area contributed by atoms with Crippen molar-refractivity contribution in [2.45, 2.75) is 0 Å². The number of para-hydroxylation sites is 5. The van der Waals surface area contributed by atoms with Gasteiger partial charge in [-0.3, -0.25) is 0 Å². The highest BCUT2D eigenvalue weighted by molar-refractivity contribution is 6.88. The lowest BCUT2D eigenvalue weighted by molar-refractivity contribution is 1.18. The summed E-state index contributed by atoms with van der Waals surface area (Å²) in [4.78, 5) is 0. The second-order valence-corrected chi connectivity index (χ2v) is 13.7. The Hall–Kier alpha value is -6.52. The molecule has 3 aromatic heterocycles. The van der Waals surface area contributed by atoms with Gasteiger partial charge in [0.2, 0.25) is 0 Å².